The Balaban J connectivity index is 1.69. The monoisotopic (exact) mass is 281 g/mol. The lowest BCUT2D eigenvalue weighted by atomic mass is 9.91. The van der Waals surface area contributed by atoms with Crippen molar-refractivity contribution in [1.82, 2.24) is 5.32 Å². The molecule has 2 nitrogen and oxygen atoms in total. The summed E-state index contributed by atoms with van der Waals surface area (Å²) < 4.78 is 5.99. The third-order valence-electron chi connectivity index (χ3n) is 3.97. The summed E-state index contributed by atoms with van der Waals surface area (Å²) in [6, 6.07) is 6.45. The molecule has 0 radical (unpaired) electrons. The Morgan fingerprint density at radius 2 is 2.10 bits per heavy atom. The number of hydrogen-bond donors (Lipinski definition) is 1. The standard InChI is InChI=1S/C19H23NO/c1-19(2)9-4-3-5-15(12-19)14-21-18-7-6-17-13-20-10-8-16(17)11-18/h3-7,9,11-12,20H,8,10,13-14H2,1-2H3. The average molecular weight is 281 g/mol. The molecular formula is C19H23NO. The maximum Gasteiger partial charge on any atom is 0.120 e. The molecule has 0 atom stereocenters. The minimum absolute atomic E-state index is 0.0870. The summed E-state index contributed by atoms with van der Waals surface area (Å²) in [5.74, 6) is 0.972. The van der Waals surface area contributed by atoms with Crippen LogP contribution in [-0.4, -0.2) is 13.2 Å². The van der Waals surface area contributed by atoms with E-state index in [2.05, 4.69) is 67.7 Å². The summed E-state index contributed by atoms with van der Waals surface area (Å²) >= 11 is 0. The van der Waals surface area contributed by atoms with Crippen molar-refractivity contribution in [3.63, 3.8) is 0 Å². The van der Waals surface area contributed by atoms with Gasteiger partial charge in [0.05, 0.1) is 0 Å². The van der Waals surface area contributed by atoms with E-state index in [4.69, 9.17) is 4.74 Å². The van der Waals surface area contributed by atoms with Crippen LogP contribution in [-0.2, 0) is 13.0 Å². The summed E-state index contributed by atoms with van der Waals surface area (Å²) in [5, 5.41) is 3.39. The van der Waals surface area contributed by atoms with Gasteiger partial charge in [-0.2, -0.15) is 0 Å². The molecule has 1 aliphatic heterocycles. The van der Waals surface area contributed by atoms with Crippen LogP contribution in [0, 0.1) is 5.41 Å². The molecule has 21 heavy (non-hydrogen) atoms. The molecule has 1 heterocycles. The van der Waals surface area contributed by atoms with Crippen molar-refractivity contribution in [3.8, 4) is 5.75 Å². The summed E-state index contributed by atoms with van der Waals surface area (Å²) in [6.07, 6.45) is 11.9. The van der Waals surface area contributed by atoms with Crippen LogP contribution in [0.15, 0.2) is 54.2 Å². The van der Waals surface area contributed by atoms with Gasteiger partial charge in [0.25, 0.3) is 0 Å². The second-order valence-electron chi connectivity index (χ2n) is 6.40. The van der Waals surface area contributed by atoms with Gasteiger partial charge in [-0.05, 0) is 41.8 Å². The van der Waals surface area contributed by atoms with E-state index in [1.54, 1.807) is 0 Å². The molecule has 0 fully saturated rings. The molecule has 110 valence electrons. The highest BCUT2D eigenvalue weighted by molar-refractivity contribution is 5.38. The Morgan fingerprint density at radius 1 is 1.19 bits per heavy atom. The Kier molecular flexibility index (Phi) is 3.98. The van der Waals surface area contributed by atoms with Crippen molar-refractivity contribution >= 4 is 0 Å². The minimum atomic E-state index is 0.0870. The number of hydrogen-bond acceptors (Lipinski definition) is 2. The highest BCUT2D eigenvalue weighted by atomic mass is 16.5. The van der Waals surface area contributed by atoms with Crippen LogP contribution >= 0.6 is 0 Å². The lowest BCUT2D eigenvalue weighted by Gasteiger charge is -2.19. The number of ether oxygens (including phenoxy) is 1. The van der Waals surface area contributed by atoms with Crippen molar-refractivity contribution < 1.29 is 4.74 Å². The van der Waals surface area contributed by atoms with Gasteiger partial charge in [0.2, 0.25) is 0 Å². The molecule has 1 aliphatic carbocycles. The average Bonchev–Trinajstić information content (AvgIpc) is 2.65. The molecule has 0 amide bonds. The maximum absolute atomic E-state index is 5.99. The van der Waals surface area contributed by atoms with Crippen LogP contribution in [0.1, 0.15) is 25.0 Å². The molecule has 0 spiro atoms. The Bertz CT molecular complexity index is 608. The van der Waals surface area contributed by atoms with Gasteiger partial charge in [-0.15, -0.1) is 0 Å². The zero-order valence-corrected chi connectivity index (χ0v) is 12.9. The first-order valence-corrected chi connectivity index (χ1v) is 7.65. The second kappa shape index (κ2) is 5.90. The highest BCUT2D eigenvalue weighted by Crippen LogP contribution is 2.25. The van der Waals surface area contributed by atoms with Gasteiger partial charge in [0.15, 0.2) is 0 Å². The lowest BCUT2D eigenvalue weighted by Crippen LogP contribution is -2.23. The number of rotatable bonds is 3. The predicted octanol–water partition coefficient (Wildman–Crippen LogP) is 3.79. The first-order valence-electron chi connectivity index (χ1n) is 7.65. The number of benzene rings is 1. The van der Waals surface area contributed by atoms with Gasteiger partial charge >= 0.3 is 0 Å². The van der Waals surface area contributed by atoms with Crippen molar-refractivity contribution in [2.24, 2.45) is 5.41 Å². The van der Waals surface area contributed by atoms with E-state index in [1.165, 1.54) is 16.7 Å². The third-order valence-corrected chi connectivity index (χ3v) is 3.97. The van der Waals surface area contributed by atoms with Crippen LogP contribution in [0.25, 0.3) is 0 Å². The molecule has 0 unspecified atom stereocenters. The van der Waals surface area contributed by atoms with E-state index in [-0.39, 0.29) is 5.41 Å². The third kappa shape index (κ3) is 3.64. The van der Waals surface area contributed by atoms with Gasteiger partial charge in [-0.25, -0.2) is 0 Å². The molecule has 0 saturated heterocycles. The molecular weight excluding hydrogens is 258 g/mol. The van der Waals surface area contributed by atoms with Gasteiger partial charge in [-0.3, -0.25) is 0 Å². The van der Waals surface area contributed by atoms with Gasteiger partial charge in [-0.1, -0.05) is 50.3 Å². The summed E-state index contributed by atoms with van der Waals surface area (Å²) in [4.78, 5) is 0. The Hall–Kier alpha value is -1.80. The van der Waals surface area contributed by atoms with Crippen molar-refractivity contribution in [3.05, 3.63) is 65.3 Å². The summed E-state index contributed by atoms with van der Waals surface area (Å²) in [5.41, 5.74) is 4.12. The number of nitrogens with one attached hydrogen (secondary N) is 1. The zero-order chi connectivity index (χ0) is 14.7. The van der Waals surface area contributed by atoms with Crippen molar-refractivity contribution in [1.29, 1.82) is 0 Å². The van der Waals surface area contributed by atoms with Gasteiger partial charge in [0, 0.05) is 12.0 Å². The molecule has 0 saturated carbocycles. The van der Waals surface area contributed by atoms with Crippen LogP contribution in [0.5, 0.6) is 5.75 Å². The molecule has 1 aromatic carbocycles. The Labute approximate surface area is 127 Å². The molecule has 1 N–H and O–H groups in total. The molecule has 3 rings (SSSR count). The smallest absolute Gasteiger partial charge is 0.120 e. The van der Waals surface area contributed by atoms with Crippen LogP contribution in [0.3, 0.4) is 0 Å². The summed E-state index contributed by atoms with van der Waals surface area (Å²) in [6.45, 7) is 7.08. The van der Waals surface area contributed by atoms with Crippen LogP contribution in [0.2, 0.25) is 0 Å². The maximum atomic E-state index is 5.99. The fraction of sp³-hybridized carbons (Fsp3) is 0.368. The highest BCUT2D eigenvalue weighted by Gasteiger charge is 2.13. The molecule has 0 aromatic heterocycles. The van der Waals surface area contributed by atoms with E-state index < -0.39 is 0 Å². The Morgan fingerprint density at radius 3 is 3.00 bits per heavy atom. The van der Waals surface area contributed by atoms with Crippen molar-refractivity contribution in [2.45, 2.75) is 26.8 Å². The quantitative estimate of drug-likeness (QED) is 0.910. The SMILES string of the molecule is CC1(C)C=CC=CC(COc2ccc3c(c2)CCNC3)=C1. The van der Waals surface area contributed by atoms with E-state index in [0.717, 1.165) is 25.3 Å². The van der Waals surface area contributed by atoms with E-state index in [0.29, 0.717) is 6.61 Å². The predicted molar refractivity (Wildman–Crippen MR) is 87.5 cm³/mol. The molecule has 0 bridgehead atoms. The first-order chi connectivity index (χ1) is 10.1. The van der Waals surface area contributed by atoms with E-state index in [9.17, 15) is 0 Å². The minimum Gasteiger partial charge on any atom is -0.489 e. The van der Waals surface area contributed by atoms with Crippen LogP contribution in [0.4, 0.5) is 0 Å². The normalized spacial score (nSPS) is 19.6. The zero-order valence-electron chi connectivity index (χ0n) is 12.9. The van der Waals surface area contributed by atoms with Gasteiger partial charge in [0.1, 0.15) is 12.4 Å². The van der Waals surface area contributed by atoms with Crippen LogP contribution < -0.4 is 10.1 Å². The summed E-state index contributed by atoms with van der Waals surface area (Å²) in [7, 11) is 0. The lowest BCUT2D eigenvalue weighted by molar-refractivity contribution is 0.353. The van der Waals surface area contributed by atoms with E-state index in [1.807, 2.05) is 0 Å². The van der Waals surface area contributed by atoms with Gasteiger partial charge < -0.3 is 10.1 Å². The molecule has 2 heteroatoms. The van der Waals surface area contributed by atoms with Crippen molar-refractivity contribution in [2.75, 3.05) is 13.2 Å². The first kappa shape index (κ1) is 14.2. The molecule has 2 aliphatic rings. The topological polar surface area (TPSA) is 21.3 Å². The van der Waals surface area contributed by atoms with E-state index >= 15 is 0 Å². The molecule has 1 aromatic rings. The fourth-order valence-electron chi connectivity index (χ4n) is 2.86. The number of allylic oxidation sites excluding steroid dienone is 4. The number of fused-ring (bicyclic) bond motifs is 1. The largest absolute Gasteiger partial charge is 0.489 e. The fourth-order valence-corrected chi connectivity index (χ4v) is 2.86. The second-order valence-corrected chi connectivity index (χ2v) is 6.40.